The molecule has 2 rings (SSSR count). The van der Waals surface area contributed by atoms with Crippen molar-refractivity contribution in [2.75, 3.05) is 11.9 Å². The van der Waals surface area contributed by atoms with Crippen molar-refractivity contribution in [3.8, 4) is 0 Å². The number of nitrogens with one attached hydrogen (secondary N) is 1. The molecule has 0 aliphatic heterocycles. The summed E-state index contributed by atoms with van der Waals surface area (Å²) in [4.78, 5) is 4.23. The Labute approximate surface area is 187 Å². The van der Waals surface area contributed by atoms with E-state index in [0.29, 0.717) is 0 Å². The van der Waals surface area contributed by atoms with Gasteiger partial charge >= 0.3 is 0 Å². The number of pyridine rings is 1. The van der Waals surface area contributed by atoms with E-state index in [1.807, 2.05) is 111 Å². The molecule has 158 valence electrons. The van der Waals surface area contributed by atoms with Gasteiger partial charge in [0.15, 0.2) is 0 Å². The maximum atomic E-state index is 9.54. The lowest BCUT2D eigenvalue weighted by atomic mass is 9.95. The molecule has 27 heavy (non-hydrogen) atoms. The van der Waals surface area contributed by atoms with E-state index in [2.05, 4.69) is 10.3 Å². The third-order valence-corrected chi connectivity index (χ3v) is 2.89. The van der Waals surface area contributed by atoms with Crippen molar-refractivity contribution in [2.45, 2.75) is 68.4 Å². The molecule has 3 nitrogen and oxygen atoms in total. The Morgan fingerprint density at radius 3 is 1.78 bits per heavy atom. The first-order valence-electron chi connectivity index (χ1n) is 10.6. The molecule has 0 radical (unpaired) electrons. The van der Waals surface area contributed by atoms with E-state index >= 15 is 0 Å². The second-order valence-electron chi connectivity index (χ2n) is 4.26. The predicted octanol–water partition coefficient (Wildman–Crippen LogP) is 7.59. The van der Waals surface area contributed by atoms with Gasteiger partial charge in [-0.2, -0.15) is 0 Å². The SMILES string of the molecule is CC.CC.CC.CC.I.[2H]C(O)C(C)C(Nc1ccccn1)c1ccccc1. The summed E-state index contributed by atoms with van der Waals surface area (Å²) >= 11 is 0. The average molecular weight is 492 g/mol. The van der Waals surface area contributed by atoms with Crippen LogP contribution in [0, 0.1) is 5.92 Å². The molecule has 3 unspecified atom stereocenters. The van der Waals surface area contributed by atoms with Crippen LogP contribution in [0.15, 0.2) is 54.7 Å². The van der Waals surface area contributed by atoms with Crippen molar-refractivity contribution < 1.29 is 6.48 Å². The normalized spacial score (nSPS) is 11.9. The zero-order valence-electron chi connectivity index (χ0n) is 19.7. The molecule has 3 atom stereocenters. The Balaban J connectivity index is -0.000000285. The third-order valence-electron chi connectivity index (χ3n) is 2.89. The van der Waals surface area contributed by atoms with Gasteiger partial charge in [-0.25, -0.2) is 4.98 Å². The van der Waals surface area contributed by atoms with E-state index in [9.17, 15) is 5.11 Å². The molecule has 2 aromatic rings. The zero-order valence-corrected chi connectivity index (χ0v) is 21.1. The van der Waals surface area contributed by atoms with Crippen LogP contribution in [-0.2, 0) is 0 Å². The van der Waals surface area contributed by atoms with Gasteiger partial charge in [-0.15, -0.1) is 24.0 Å². The van der Waals surface area contributed by atoms with Crippen molar-refractivity contribution in [3.05, 3.63) is 60.3 Å². The number of aliphatic hydroxyl groups is 1. The van der Waals surface area contributed by atoms with Crippen molar-refractivity contribution in [3.63, 3.8) is 0 Å². The minimum atomic E-state index is -1.14. The summed E-state index contributed by atoms with van der Waals surface area (Å²) < 4.78 is 7.52. The number of benzene rings is 1. The van der Waals surface area contributed by atoms with Gasteiger partial charge in [0, 0.05) is 18.7 Å². The monoisotopic (exact) mass is 491 g/mol. The number of anilines is 1. The summed E-state index contributed by atoms with van der Waals surface area (Å²) in [5.41, 5.74) is 1.03. The van der Waals surface area contributed by atoms with Gasteiger partial charge < -0.3 is 10.4 Å². The van der Waals surface area contributed by atoms with Crippen molar-refractivity contribution in [2.24, 2.45) is 5.92 Å². The molecule has 2 N–H and O–H groups in total. The second kappa shape index (κ2) is 27.1. The Kier molecular flexibility index (Phi) is 30.7. The zero-order chi connectivity index (χ0) is 21.7. The van der Waals surface area contributed by atoms with Crippen LogP contribution in [0.5, 0.6) is 0 Å². The lowest BCUT2D eigenvalue weighted by Gasteiger charge is -2.24. The van der Waals surface area contributed by atoms with Crippen LogP contribution in [0.1, 0.15) is 75.3 Å². The highest BCUT2D eigenvalue weighted by molar-refractivity contribution is 14.0. The molecule has 1 heterocycles. The van der Waals surface area contributed by atoms with Gasteiger partial charge in [-0.1, -0.05) is 98.7 Å². The first-order valence-corrected chi connectivity index (χ1v) is 10.0. The van der Waals surface area contributed by atoms with E-state index in [4.69, 9.17) is 1.37 Å². The van der Waals surface area contributed by atoms with Gasteiger partial charge in [0.2, 0.25) is 0 Å². The predicted molar refractivity (Wildman–Crippen MR) is 134 cm³/mol. The van der Waals surface area contributed by atoms with E-state index in [0.717, 1.165) is 11.4 Å². The minimum Gasteiger partial charge on any atom is -0.396 e. The van der Waals surface area contributed by atoms with E-state index in [1.165, 1.54) is 0 Å². The van der Waals surface area contributed by atoms with Crippen molar-refractivity contribution in [1.29, 1.82) is 0 Å². The van der Waals surface area contributed by atoms with Crippen LogP contribution in [-0.4, -0.2) is 16.7 Å². The smallest absolute Gasteiger partial charge is 0.126 e. The lowest BCUT2D eigenvalue weighted by Crippen LogP contribution is -2.21. The first-order chi connectivity index (χ1) is 13.2. The number of nitrogens with zero attached hydrogens (tertiary/aromatic N) is 1. The number of rotatable bonds is 5. The molecule has 4 heteroatoms. The standard InChI is InChI=1S/C15H18N2O.4C2H6.HI/c1-12(11-18)15(13-7-3-2-4-8-13)17-14-9-5-6-10-16-14;4*1-2;/h2-10,12,15,18H,11H2,1H3,(H,16,17);4*1-2H3;1H/i11D;;;;;. The summed E-state index contributed by atoms with van der Waals surface area (Å²) in [6.45, 7) is 16.7. The van der Waals surface area contributed by atoms with Crippen LogP contribution in [0.2, 0.25) is 0 Å². The Morgan fingerprint density at radius 2 is 1.37 bits per heavy atom. The fourth-order valence-electron chi connectivity index (χ4n) is 1.87. The maximum Gasteiger partial charge on any atom is 0.126 e. The molecule has 0 bridgehead atoms. The molecule has 0 amide bonds. The van der Waals surface area contributed by atoms with Crippen molar-refractivity contribution in [1.82, 2.24) is 4.98 Å². The molecule has 0 saturated carbocycles. The Bertz CT molecular complexity index is 498. The summed E-state index contributed by atoms with van der Waals surface area (Å²) in [6.07, 6.45) is 1.71. The average Bonchev–Trinajstić information content (AvgIpc) is 2.78. The van der Waals surface area contributed by atoms with Gasteiger partial charge in [0.1, 0.15) is 5.82 Å². The van der Waals surface area contributed by atoms with Crippen molar-refractivity contribution >= 4 is 29.8 Å². The maximum absolute atomic E-state index is 9.54. The number of hydrogen-bond donors (Lipinski definition) is 2. The van der Waals surface area contributed by atoms with E-state index in [1.54, 1.807) is 6.20 Å². The highest BCUT2D eigenvalue weighted by Gasteiger charge is 2.18. The quantitative estimate of drug-likeness (QED) is 0.424. The van der Waals surface area contributed by atoms with Crippen LogP contribution < -0.4 is 5.32 Å². The van der Waals surface area contributed by atoms with Crippen LogP contribution in [0.4, 0.5) is 5.82 Å². The third kappa shape index (κ3) is 15.6. The lowest BCUT2D eigenvalue weighted by molar-refractivity contribution is 0.222. The van der Waals surface area contributed by atoms with Gasteiger partial charge in [0.25, 0.3) is 0 Å². The molecule has 0 spiro atoms. The summed E-state index contributed by atoms with van der Waals surface area (Å²) in [7, 11) is 0. The molecular formula is C23H43IN2O. The summed E-state index contributed by atoms with van der Waals surface area (Å²) in [5.74, 6) is 0.494. The molecule has 0 aliphatic rings. The minimum absolute atomic E-state index is 0. The van der Waals surface area contributed by atoms with E-state index < -0.39 is 6.58 Å². The number of halogens is 1. The van der Waals surface area contributed by atoms with Crippen LogP contribution in [0.25, 0.3) is 0 Å². The van der Waals surface area contributed by atoms with Gasteiger partial charge in [0.05, 0.1) is 7.41 Å². The van der Waals surface area contributed by atoms with Crippen LogP contribution in [0.3, 0.4) is 0 Å². The molecule has 1 aromatic heterocycles. The largest absolute Gasteiger partial charge is 0.396 e. The molecule has 0 aliphatic carbocycles. The molecular weight excluding hydrogens is 447 g/mol. The highest BCUT2D eigenvalue weighted by atomic mass is 127. The topological polar surface area (TPSA) is 45.1 Å². The van der Waals surface area contributed by atoms with Gasteiger partial charge in [-0.3, -0.25) is 0 Å². The number of hydrogen-bond acceptors (Lipinski definition) is 3. The summed E-state index contributed by atoms with van der Waals surface area (Å²) in [5, 5.41) is 12.8. The first kappa shape index (κ1) is 30.6. The number of aromatic nitrogens is 1. The van der Waals surface area contributed by atoms with Gasteiger partial charge in [-0.05, 0) is 17.7 Å². The molecule has 0 fully saturated rings. The molecule has 1 aromatic carbocycles. The Morgan fingerprint density at radius 1 is 0.889 bits per heavy atom. The fourth-order valence-corrected chi connectivity index (χ4v) is 1.87. The fraction of sp³-hybridized carbons (Fsp3) is 0.522. The summed E-state index contributed by atoms with van der Waals surface area (Å²) in [6, 6.07) is 15.3. The highest BCUT2D eigenvalue weighted by Crippen LogP contribution is 2.25. The van der Waals surface area contributed by atoms with Crippen LogP contribution >= 0.6 is 24.0 Å². The number of aliphatic hydroxyl groups excluding tert-OH is 1. The van der Waals surface area contributed by atoms with E-state index in [-0.39, 0.29) is 35.9 Å². The Hall–Kier alpha value is -1.14. The second-order valence-corrected chi connectivity index (χ2v) is 4.26. The molecule has 0 saturated heterocycles.